The number of anilines is 1. The van der Waals surface area contributed by atoms with Gasteiger partial charge in [0.05, 0.1) is 0 Å². The number of rotatable bonds is 3. The van der Waals surface area contributed by atoms with Gasteiger partial charge in [0.15, 0.2) is 0 Å². The molecule has 0 aliphatic carbocycles. The lowest BCUT2D eigenvalue weighted by molar-refractivity contribution is 1.02. The van der Waals surface area contributed by atoms with Crippen LogP contribution in [0.2, 0.25) is 0 Å². The van der Waals surface area contributed by atoms with Crippen molar-refractivity contribution in [2.75, 3.05) is 5.32 Å². The van der Waals surface area contributed by atoms with Crippen LogP contribution in [0.5, 0.6) is 0 Å². The Morgan fingerprint density at radius 3 is 2.78 bits per heavy atom. The Balaban J connectivity index is 2.11. The molecule has 5 nitrogen and oxygen atoms in total. The largest absolute Gasteiger partial charge is 0.366 e. The van der Waals surface area contributed by atoms with E-state index in [1.165, 1.54) is 6.07 Å². The highest BCUT2D eigenvalue weighted by atomic mass is 79.9. The van der Waals surface area contributed by atoms with Gasteiger partial charge in [0.2, 0.25) is 0 Å². The number of H-pyrrole nitrogens is 1. The van der Waals surface area contributed by atoms with Crippen LogP contribution >= 0.6 is 15.9 Å². The smallest absolute Gasteiger partial charge is 0.347 e. The predicted molar refractivity (Wildman–Crippen MR) is 71.0 cm³/mol. The summed E-state index contributed by atoms with van der Waals surface area (Å²) >= 11 is 3.36. The summed E-state index contributed by atoms with van der Waals surface area (Å²) in [7, 11) is 0. The van der Waals surface area contributed by atoms with Gasteiger partial charge in [-0.1, -0.05) is 28.1 Å². The molecule has 2 rings (SSSR count). The van der Waals surface area contributed by atoms with E-state index in [4.69, 9.17) is 5.26 Å². The summed E-state index contributed by atoms with van der Waals surface area (Å²) in [6.45, 7) is 0.536. The number of aromatic nitrogens is 2. The SMILES string of the molecule is N#Cc1cc(NCc2ccc(Br)cc2)nc(=O)[nH]1. The second kappa shape index (κ2) is 5.47. The van der Waals surface area contributed by atoms with E-state index < -0.39 is 5.69 Å². The van der Waals surface area contributed by atoms with Crippen LogP contribution in [-0.4, -0.2) is 9.97 Å². The average Bonchev–Trinajstić information content (AvgIpc) is 2.37. The van der Waals surface area contributed by atoms with E-state index in [2.05, 4.69) is 31.2 Å². The molecule has 2 aromatic rings. The topological polar surface area (TPSA) is 81.6 Å². The molecule has 0 aliphatic rings. The van der Waals surface area contributed by atoms with Crippen LogP contribution < -0.4 is 11.0 Å². The van der Waals surface area contributed by atoms with Gasteiger partial charge in [0.25, 0.3) is 0 Å². The average molecular weight is 305 g/mol. The maximum absolute atomic E-state index is 11.2. The molecule has 0 saturated heterocycles. The van der Waals surface area contributed by atoms with Crippen molar-refractivity contribution in [3.8, 4) is 6.07 Å². The second-order valence-corrected chi connectivity index (χ2v) is 4.49. The van der Waals surface area contributed by atoms with Crippen LogP contribution in [0.3, 0.4) is 0 Å². The van der Waals surface area contributed by atoms with Crippen molar-refractivity contribution >= 4 is 21.7 Å². The summed E-state index contributed by atoms with van der Waals surface area (Å²) in [6, 6.07) is 11.1. The normalized spacial score (nSPS) is 9.78. The van der Waals surface area contributed by atoms with Crippen molar-refractivity contribution in [3.63, 3.8) is 0 Å². The molecule has 0 fully saturated rings. The van der Waals surface area contributed by atoms with E-state index >= 15 is 0 Å². The molecule has 2 N–H and O–H groups in total. The molecular formula is C12H9BrN4O. The Bertz CT molecular complexity index is 642. The zero-order valence-electron chi connectivity index (χ0n) is 9.27. The lowest BCUT2D eigenvalue weighted by Crippen LogP contribution is -2.14. The Labute approximate surface area is 112 Å². The highest BCUT2D eigenvalue weighted by Gasteiger charge is 2.00. The standard InChI is InChI=1S/C12H9BrN4O/c13-9-3-1-8(2-4-9)7-15-11-5-10(6-14)16-12(18)17-11/h1-5H,7H2,(H2,15,16,17,18). The number of nitrogens with zero attached hydrogens (tertiary/aromatic N) is 2. The molecule has 18 heavy (non-hydrogen) atoms. The van der Waals surface area contributed by atoms with Crippen LogP contribution in [0.25, 0.3) is 0 Å². The Hall–Kier alpha value is -2.13. The van der Waals surface area contributed by atoms with Crippen molar-refractivity contribution in [1.82, 2.24) is 9.97 Å². The minimum absolute atomic E-state index is 0.188. The number of halogens is 1. The van der Waals surface area contributed by atoms with Crippen LogP contribution in [0.15, 0.2) is 39.6 Å². The molecule has 0 radical (unpaired) electrons. The van der Waals surface area contributed by atoms with Crippen molar-refractivity contribution < 1.29 is 0 Å². The van der Waals surface area contributed by atoms with Crippen molar-refractivity contribution in [2.24, 2.45) is 0 Å². The van der Waals surface area contributed by atoms with E-state index in [-0.39, 0.29) is 5.69 Å². The third-order valence-corrected chi connectivity index (χ3v) is 2.78. The zero-order chi connectivity index (χ0) is 13.0. The van der Waals surface area contributed by atoms with Gasteiger partial charge in [-0.05, 0) is 17.7 Å². The van der Waals surface area contributed by atoms with Crippen LogP contribution in [0.4, 0.5) is 5.82 Å². The van der Waals surface area contributed by atoms with Crippen LogP contribution in [0.1, 0.15) is 11.3 Å². The minimum Gasteiger partial charge on any atom is -0.366 e. The van der Waals surface area contributed by atoms with Gasteiger partial charge in [-0.2, -0.15) is 10.2 Å². The van der Waals surface area contributed by atoms with Gasteiger partial charge in [-0.3, -0.25) is 4.98 Å². The molecule has 0 spiro atoms. The van der Waals surface area contributed by atoms with Gasteiger partial charge in [-0.15, -0.1) is 0 Å². The number of hydrogen-bond donors (Lipinski definition) is 2. The van der Waals surface area contributed by atoms with Gasteiger partial charge < -0.3 is 5.32 Å². The molecule has 90 valence electrons. The highest BCUT2D eigenvalue weighted by Crippen LogP contribution is 2.11. The molecule has 0 aliphatic heterocycles. The highest BCUT2D eigenvalue weighted by molar-refractivity contribution is 9.10. The molecule has 6 heteroatoms. The van der Waals surface area contributed by atoms with E-state index in [0.29, 0.717) is 12.4 Å². The fourth-order valence-electron chi connectivity index (χ4n) is 1.40. The van der Waals surface area contributed by atoms with Crippen molar-refractivity contribution in [2.45, 2.75) is 6.54 Å². The molecule has 0 bridgehead atoms. The van der Waals surface area contributed by atoms with E-state index in [0.717, 1.165) is 10.0 Å². The molecule has 0 amide bonds. The summed E-state index contributed by atoms with van der Waals surface area (Å²) < 4.78 is 1.01. The molecule has 1 aromatic heterocycles. The fourth-order valence-corrected chi connectivity index (χ4v) is 1.67. The first-order valence-electron chi connectivity index (χ1n) is 5.17. The second-order valence-electron chi connectivity index (χ2n) is 3.58. The summed E-state index contributed by atoms with van der Waals surface area (Å²) in [5, 5.41) is 11.7. The number of hydrogen-bond acceptors (Lipinski definition) is 4. The van der Waals surface area contributed by atoms with Gasteiger partial charge >= 0.3 is 5.69 Å². The van der Waals surface area contributed by atoms with E-state index in [1.54, 1.807) is 0 Å². The molecule has 1 aromatic carbocycles. The lowest BCUT2D eigenvalue weighted by Gasteiger charge is -2.05. The first-order chi connectivity index (χ1) is 8.67. The maximum atomic E-state index is 11.2. The third kappa shape index (κ3) is 3.18. The molecular weight excluding hydrogens is 296 g/mol. The minimum atomic E-state index is -0.535. The molecule has 0 atom stereocenters. The van der Waals surface area contributed by atoms with Crippen LogP contribution in [-0.2, 0) is 6.54 Å². The molecule has 1 heterocycles. The van der Waals surface area contributed by atoms with E-state index in [9.17, 15) is 4.79 Å². The van der Waals surface area contributed by atoms with Crippen molar-refractivity contribution in [1.29, 1.82) is 5.26 Å². The summed E-state index contributed by atoms with van der Waals surface area (Å²) in [6.07, 6.45) is 0. The summed E-state index contributed by atoms with van der Waals surface area (Å²) in [4.78, 5) is 17.2. The Morgan fingerprint density at radius 1 is 1.39 bits per heavy atom. The van der Waals surface area contributed by atoms with Gasteiger partial charge in [-0.25, -0.2) is 4.79 Å². The molecule has 0 saturated carbocycles. The van der Waals surface area contributed by atoms with Gasteiger partial charge in [0, 0.05) is 17.1 Å². The van der Waals surface area contributed by atoms with Gasteiger partial charge in [0.1, 0.15) is 17.6 Å². The predicted octanol–water partition coefficient (Wildman–Crippen LogP) is 2.02. The summed E-state index contributed by atoms with van der Waals surface area (Å²) in [5.41, 5.74) is 0.708. The number of nitriles is 1. The van der Waals surface area contributed by atoms with E-state index in [1.807, 2.05) is 30.3 Å². The number of aromatic amines is 1. The quantitative estimate of drug-likeness (QED) is 0.909. The monoisotopic (exact) mass is 304 g/mol. The lowest BCUT2D eigenvalue weighted by atomic mass is 10.2. The number of benzene rings is 1. The maximum Gasteiger partial charge on any atom is 0.347 e. The first kappa shape index (κ1) is 12.3. The number of nitrogens with one attached hydrogen (secondary N) is 2. The molecule has 0 unspecified atom stereocenters. The summed E-state index contributed by atoms with van der Waals surface area (Å²) in [5.74, 6) is 0.387. The Kier molecular flexibility index (Phi) is 3.75. The third-order valence-electron chi connectivity index (χ3n) is 2.25. The van der Waals surface area contributed by atoms with Crippen LogP contribution in [0, 0.1) is 11.3 Å². The first-order valence-corrected chi connectivity index (χ1v) is 5.96. The fraction of sp³-hybridized carbons (Fsp3) is 0.0833. The zero-order valence-corrected chi connectivity index (χ0v) is 10.9. The van der Waals surface area contributed by atoms with Crippen molar-refractivity contribution in [3.05, 3.63) is 56.5 Å². The Morgan fingerprint density at radius 2 is 2.11 bits per heavy atom.